The third kappa shape index (κ3) is 3.23. The van der Waals surface area contributed by atoms with Crippen LogP contribution in [0.2, 0.25) is 0 Å². The number of anilines is 1. The van der Waals surface area contributed by atoms with Gasteiger partial charge in [-0.05, 0) is 44.4 Å². The van der Waals surface area contributed by atoms with Gasteiger partial charge in [0, 0.05) is 24.6 Å². The van der Waals surface area contributed by atoms with Crippen LogP contribution >= 0.6 is 0 Å². The number of piperidine rings is 1. The van der Waals surface area contributed by atoms with Crippen LogP contribution in [-0.4, -0.2) is 45.8 Å². The molecule has 1 atom stereocenters. The maximum absolute atomic E-state index is 5.53. The minimum Gasteiger partial charge on any atom is -0.495 e. The van der Waals surface area contributed by atoms with E-state index in [1.807, 2.05) is 35.0 Å². The second kappa shape index (κ2) is 6.81. The van der Waals surface area contributed by atoms with E-state index in [1.165, 1.54) is 25.7 Å². The molecule has 0 radical (unpaired) electrons. The molecule has 0 bridgehead atoms. The molecular weight excluding hydrogens is 340 g/mol. The molecule has 1 saturated heterocycles. The van der Waals surface area contributed by atoms with Crippen LogP contribution in [0.4, 0.5) is 5.82 Å². The number of fused-ring (bicyclic) bond motifs is 1. The highest BCUT2D eigenvalue weighted by molar-refractivity contribution is 5.62. The van der Waals surface area contributed by atoms with E-state index in [1.54, 1.807) is 7.11 Å². The molecule has 1 unspecified atom stereocenters. The SMILES string of the molecule is COc1cc2ncc(-c3cccc(NC4CCCNC4)n3)n2nc1C1CC1. The molecule has 7 nitrogen and oxygen atoms in total. The van der Waals surface area contributed by atoms with Crippen LogP contribution in [0, 0.1) is 0 Å². The standard InChI is InChI=1S/C20H24N6O/c1-27-17-10-19-22-12-16(26(19)25-20(17)13-7-8-13)15-5-2-6-18(24-15)23-14-4-3-9-21-11-14/h2,5-6,10,12-14,21H,3-4,7-9,11H2,1H3,(H,23,24). The second-order valence-corrected chi connectivity index (χ2v) is 7.38. The first kappa shape index (κ1) is 16.5. The third-order valence-corrected chi connectivity index (χ3v) is 5.33. The Kier molecular flexibility index (Phi) is 4.16. The van der Waals surface area contributed by atoms with Gasteiger partial charge in [-0.1, -0.05) is 6.07 Å². The van der Waals surface area contributed by atoms with E-state index in [0.29, 0.717) is 12.0 Å². The van der Waals surface area contributed by atoms with Crippen molar-refractivity contribution in [3.63, 3.8) is 0 Å². The molecule has 27 heavy (non-hydrogen) atoms. The smallest absolute Gasteiger partial charge is 0.157 e. The van der Waals surface area contributed by atoms with Gasteiger partial charge in [0.1, 0.15) is 23.0 Å². The molecular formula is C20H24N6O. The molecule has 7 heteroatoms. The first-order valence-electron chi connectivity index (χ1n) is 9.69. The summed E-state index contributed by atoms with van der Waals surface area (Å²) >= 11 is 0. The number of pyridine rings is 1. The number of methoxy groups -OCH3 is 1. The fourth-order valence-electron chi connectivity index (χ4n) is 3.73. The number of nitrogens with one attached hydrogen (secondary N) is 2. The van der Waals surface area contributed by atoms with Gasteiger partial charge >= 0.3 is 0 Å². The fraction of sp³-hybridized carbons (Fsp3) is 0.450. The van der Waals surface area contributed by atoms with Crippen LogP contribution in [-0.2, 0) is 0 Å². The summed E-state index contributed by atoms with van der Waals surface area (Å²) in [6, 6.07) is 8.46. The molecule has 1 aliphatic carbocycles. The molecule has 0 spiro atoms. The summed E-state index contributed by atoms with van der Waals surface area (Å²) < 4.78 is 7.42. The number of rotatable bonds is 5. The predicted molar refractivity (Wildman–Crippen MR) is 104 cm³/mol. The largest absolute Gasteiger partial charge is 0.495 e. The van der Waals surface area contributed by atoms with Crippen LogP contribution < -0.4 is 15.4 Å². The molecule has 0 aromatic carbocycles. The average Bonchev–Trinajstić information content (AvgIpc) is 3.47. The Hall–Kier alpha value is -2.67. The van der Waals surface area contributed by atoms with Crippen molar-refractivity contribution in [2.24, 2.45) is 0 Å². The summed E-state index contributed by atoms with van der Waals surface area (Å²) in [6.07, 6.45) is 6.55. The summed E-state index contributed by atoms with van der Waals surface area (Å²) in [5.74, 6) is 2.22. The summed E-state index contributed by atoms with van der Waals surface area (Å²) in [4.78, 5) is 9.34. The van der Waals surface area contributed by atoms with Gasteiger partial charge in [-0.15, -0.1) is 0 Å². The second-order valence-electron chi connectivity index (χ2n) is 7.38. The third-order valence-electron chi connectivity index (χ3n) is 5.33. The Morgan fingerprint density at radius 3 is 2.96 bits per heavy atom. The Labute approximate surface area is 158 Å². The van der Waals surface area contributed by atoms with E-state index in [0.717, 1.165) is 47.4 Å². The van der Waals surface area contributed by atoms with Gasteiger partial charge in [-0.2, -0.15) is 5.10 Å². The van der Waals surface area contributed by atoms with Gasteiger partial charge in [-0.25, -0.2) is 14.5 Å². The highest BCUT2D eigenvalue weighted by atomic mass is 16.5. The van der Waals surface area contributed by atoms with Crippen molar-refractivity contribution in [3.05, 3.63) is 36.2 Å². The lowest BCUT2D eigenvalue weighted by Gasteiger charge is -2.24. The lowest BCUT2D eigenvalue weighted by Crippen LogP contribution is -2.38. The zero-order valence-electron chi connectivity index (χ0n) is 15.5. The van der Waals surface area contributed by atoms with Crippen molar-refractivity contribution >= 4 is 11.5 Å². The highest BCUT2D eigenvalue weighted by Crippen LogP contribution is 2.43. The molecule has 2 fully saturated rings. The molecule has 0 amide bonds. The molecule has 140 valence electrons. The topological polar surface area (TPSA) is 76.4 Å². The number of ether oxygens (including phenoxy) is 1. The van der Waals surface area contributed by atoms with Crippen molar-refractivity contribution < 1.29 is 4.74 Å². The number of nitrogens with zero attached hydrogens (tertiary/aromatic N) is 4. The average molecular weight is 364 g/mol. The zero-order chi connectivity index (χ0) is 18.2. The lowest BCUT2D eigenvalue weighted by molar-refractivity contribution is 0.405. The number of aromatic nitrogens is 4. The fourth-order valence-corrected chi connectivity index (χ4v) is 3.73. The van der Waals surface area contributed by atoms with Crippen LogP contribution in [0.1, 0.15) is 37.3 Å². The Bertz CT molecular complexity index is 958. The molecule has 4 heterocycles. The maximum Gasteiger partial charge on any atom is 0.157 e. The van der Waals surface area contributed by atoms with Crippen LogP contribution in [0.25, 0.3) is 17.0 Å². The van der Waals surface area contributed by atoms with Gasteiger partial charge in [0.15, 0.2) is 5.65 Å². The number of hydrogen-bond donors (Lipinski definition) is 2. The normalized spacial score (nSPS) is 20.0. The summed E-state index contributed by atoms with van der Waals surface area (Å²) in [5.41, 5.74) is 3.57. The Morgan fingerprint density at radius 2 is 2.19 bits per heavy atom. The van der Waals surface area contributed by atoms with E-state index in [2.05, 4.69) is 15.6 Å². The molecule has 3 aromatic heterocycles. The number of hydrogen-bond acceptors (Lipinski definition) is 6. The molecule has 5 rings (SSSR count). The first-order chi connectivity index (χ1) is 13.3. The molecule has 2 N–H and O–H groups in total. The van der Waals surface area contributed by atoms with Gasteiger partial charge in [0.25, 0.3) is 0 Å². The van der Waals surface area contributed by atoms with Crippen molar-refractivity contribution in [1.82, 2.24) is 24.9 Å². The molecule has 2 aliphatic rings. The Morgan fingerprint density at radius 1 is 1.26 bits per heavy atom. The quantitative estimate of drug-likeness (QED) is 0.725. The minimum atomic E-state index is 0.424. The highest BCUT2D eigenvalue weighted by Gasteiger charge is 2.29. The van der Waals surface area contributed by atoms with Crippen LogP contribution in [0.5, 0.6) is 5.75 Å². The summed E-state index contributed by atoms with van der Waals surface area (Å²) in [6.45, 7) is 2.08. The summed E-state index contributed by atoms with van der Waals surface area (Å²) in [7, 11) is 1.69. The van der Waals surface area contributed by atoms with Gasteiger partial charge in [-0.3, -0.25) is 0 Å². The van der Waals surface area contributed by atoms with Gasteiger partial charge in [0.05, 0.1) is 19.0 Å². The van der Waals surface area contributed by atoms with Crippen molar-refractivity contribution in [2.45, 2.75) is 37.6 Å². The zero-order valence-corrected chi connectivity index (χ0v) is 15.5. The van der Waals surface area contributed by atoms with Crippen molar-refractivity contribution in [3.8, 4) is 17.1 Å². The van der Waals surface area contributed by atoms with Gasteiger partial charge < -0.3 is 15.4 Å². The van der Waals surface area contributed by atoms with E-state index in [-0.39, 0.29) is 0 Å². The van der Waals surface area contributed by atoms with Crippen molar-refractivity contribution in [1.29, 1.82) is 0 Å². The Balaban J connectivity index is 1.49. The molecule has 1 saturated carbocycles. The maximum atomic E-state index is 5.53. The van der Waals surface area contributed by atoms with E-state index >= 15 is 0 Å². The summed E-state index contributed by atoms with van der Waals surface area (Å²) in [5, 5.41) is 11.8. The van der Waals surface area contributed by atoms with Crippen LogP contribution in [0.3, 0.4) is 0 Å². The monoisotopic (exact) mass is 364 g/mol. The van der Waals surface area contributed by atoms with Crippen molar-refractivity contribution in [2.75, 3.05) is 25.5 Å². The minimum absolute atomic E-state index is 0.424. The van der Waals surface area contributed by atoms with E-state index in [4.69, 9.17) is 14.8 Å². The first-order valence-corrected chi connectivity index (χ1v) is 9.69. The number of imidazole rings is 1. The lowest BCUT2D eigenvalue weighted by atomic mass is 10.1. The molecule has 3 aromatic rings. The van der Waals surface area contributed by atoms with Crippen LogP contribution in [0.15, 0.2) is 30.5 Å². The molecule has 1 aliphatic heterocycles. The predicted octanol–water partition coefficient (Wildman–Crippen LogP) is 2.84. The van der Waals surface area contributed by atoms with E-state index < -0.39 is 0 Å². The van der Waals surface area contributed by atoms with E-state index in [9.17, 15) is 0 Å². The van der Waals surface area contributed by atoms with Gasteiger partial charge in [0.2, 0.25) is 0 Å².